The average Bonchev–Trinajstić information content (AvgIpc) is 1.83. The van der Waals surface area contributed by atoms with Crippen LogP contribution in [-0.2, 0) is 4.74 Å². The van der Waals surface area contributed by atoms with E-state index < -0.39 is 0 Å². The van der Waals surface area contributed by atoms with Gasteiger partial charge in [-0.25, -0.2) is 0 Å². The van der Waals surface area contributed by atoms with Gasteiger partial charge in [0.05, 0.1) is 6.61 Å². The van der Waals surface area contributed by atoms with Gasteiger partial charge in [0.15, 0.2) is 5.90 Å². The van der Waals surface area contributed by atoms with Crippen molar-refractivity contribution in [3.05, 3.63) is 0 Å². The second-order valence-electron chi connectivity index (χ2n) is 1.63. The molecule has 1 N–H and O–H groups in total. The lowest BCUT2D eigenvalue weighted by Crippen LogP contribution is -2.01. The van der Waals surface area contributed by atoms with Crippen molar-refractivity contribution in [1.29, 1.82) is 5.41 Å². The number of rotatable bonds is 3. The van der Waals surface area contributed by atoms with Gasteiger partial charge >= 0.3 is 0 Å². The van der Waals surface area contributed by atoms with Gasteiger partial charge in [0.25, 0.3) is 0 Å². The van der Waals surface area contributed by atoms with Crippen LogP contribution < -0.4 is 0 Å². The Labute approximate surface area is 50.4 Å². The molecule has 8 heavy (non-hydrogen) atoms. The van der Waals surface area contributed by atoms with Crippen LogP contribution in [0, 0.1) is 5.41 Å². The van der Waals surface area contributed by atoms with Crippen LogP contribution in [-0.4, -0.2) is 12.5 Å². The fourth-order valence-electron chi connectivity index (χ4n) is 0.327. The zero-order valence-corrected chi connectivity index (χ0v) is 5.53. The van der Waals surface area contributed by atoms with Crippen LogP contribution in [0.15, 0.2) is 0 Å². The molecule has 0 unspecified atom stereocenters. The summed E-state index contributed by atoms with van der Waals surface area (Å²) in [4.78, 5) is 0. The molecule has 0 rings (SSSR count). The quantitative estimate of drug-likeness (QED) is 0.441. The summed E-state index contributed by atoms with van der Waals surface area (Å²) in [6, 6.07) is 0. The third kappa shape index (κ3) is 3.65. The molecular formula is C6H13NO. The first-order chi connectivity index (χ1) is 3.81. The van der Waals surface area contributed by atoms with Gasteiger partial charge in [0.2, 0.25) is 0 Å². The minimum absolute atomic E-state index is 0.395. The van der Waals surface area contributed by atoms with E-state index in [1.165, 1.54) is 0 Å². The van der Waals surface area contributed by atoms with E-state index in [0.717, 1.165) is 6.42 Å². The van der Waals surface area contributed by atoms with Crippen molar-refractivity contribution in [3.8, 4) is 0 Å². The Kier molecular flexibility index (Phi) is 4.32. The van der Waals surface area contributed by atoms with Gasteiger partial charge in [-0.3, -0.25) is 5.41 Å². The second-order valence-corrected chi connectivity index (χ2v) is 1.63. The Hall–Kier alpha value is -0.530. The summed E-state index contributed by atoms with van der Waals surface area (Å²) < 4.78 is 4.92. The number of ether oxygens (including phenoxy) is 1. The Morgan fingerprint density at radius 2 is 2.12 bits per heavy atom. The molecule has 48 valence electrons. The van der Waals surface area contributed by atoms with Crippen LogP contribution in [0.2, 0.25) is 0 Å². The number of hydrogen-bond acceptors (Lipinski definition) is 2. The van der Waals surface area contributed by atoms with Crippen LogP contribution in [0.3, 0.4) is 0 Å². The fourth-order valence-corrected chi connectivity index (χ4v) is 0.327. The van der Waals surface area contributed by atoms with Crippen LogP contribution in [0.1, 0.15) is 26.7 Å². The van der Waals surface area contributed by atoms with Gasteiger partial charge in [-0.2, -0.15) is 0 Å². The molecule has 0 aromatic carbocycles. The van der Waals surface area contributed by atoms with E-state index in [2.05, 4.69) is 0 Å². The molecule has 0 aliphatic carbocycles. The second kappa shape index (κ2) is 4.62. The monoisotopic (exact) mass is 115 g/mol. The average molecular weight is 115 g/mol. The lowest BCUT2D eigenvalue weighted by atomic mass is 10.5. The van der Waals surface area contributed by atoms with Crippen molar-refractivity contribution in [2.75, 3.05) is 6.61 Å². The summed E-state index contributed by atoms with van der Waals surface area (Å²) >= 11 is 0. The van der Waals surface area contributed by atoms with Gasteiger partial charge in [-0.1, -0.05) is 13.8 Å². The predicted octanol–water partition coefficient (Wildman–Crippen LogP) is 1.80. The first kappa shape index (κ1) is 7.47. The van der Waals surface area contributed by atoms with E-state index in [1.807, 2.05) is 13.8 Å². The Bertz CT molecular complexity index is 70.9. The molecule has 0 bridgehead atoms. The fraction of sp³-hybridized carbons (Fsp3) is 0.833. The topological polar surface area (TPSA) is 33.1 Å². The largest absolute Gasteiger partial charge is 0.481 e. The summed E-state index contributed by atoms with van der Waals surface area (Å²) in [5.41, 5.74) is 0. The molecule has 2 nitrogen and oxygen atoms in total. The highest BCUT2D eigenvalue weighted by Crippen LogP contribution is 1.85. The van der Waals surface area contributed by atoms with E-state index in [1.54, 1.807) is 0 Å². The van der Waals surface area contributed by atoms with Gasteiger partial charge in [0, 0.05) is 6.42 Å². The molecule has 0 aliphatic rings. The molecule has 0 atom stereocenters. The molecule has 0 amide bonds. The van der Waals surface area contributed by atoms with Gasteiger partial charge < -0.3 is 4.74 Å². The maximum Gasteiger partial charge on any atom is 0.180 e. The van der Waals surface area contributed by atoms with Gasteiger partial charge in [-0.05, 0) is 6.42 Å². The molecule has 0 aromatic rings. The SMILES string of the molecule is CCCOC(=N)CC. The van der Waals surface area contributed by atoms with E-state index in [-0.39, 0.29) is 0 Å². The normalized spacial score (nSPS) is 8.75. The molecule has 0 aliphatic heterocycles. The lowest BCUT2D eigenvalue weighted by molar-refractivity contribution is 0.294. The highest BCUT2D eigenvalue weighted by Gasteiger charge is 1.88. The predicted molar refractivity (Wildman–Crippen MR) is 34.3 cm³/mol. The first-order valence-electron chi connectivity index (χ1n) is 3.01. The Balaban J connectivity index is 2.99. The van der Waals surface area contributed by atoms with Crippen LogP contribution in [0.25, 0.3) is 0 Å². The maximum absolute atomic E-state index is 7.02. The molecule has 0 spiro atoms. The van der Waals surface area contributed by atoms with E-state index in [4.69, 9.17) is 10.1 Å². The summed E-state index contributed by atoms with van der Waals surface area (Å²) in [6.07, 6.45) is 1.70. The Morgan fingerprint density at radius 3 is 2.50 bits per heavy atom. The summed E-state index contributed by atoms with van der Waals surface area (Å²) in [7, 11) is 0. The molecule has 0 saturated heterocycles. The van der Waals surface area contributed by atoms with Crippen molar-refractivity contribution < 1.29 is 4.74 Å². The van der Waals surface area contributed by atoms with E-state index in [9.17, 15) is 0 Å². The number of nitrogens with one attached hydrogen (secondary N) is 1. The molecule has 0 heterocycles. The molecule has 0 saturated carbocycles. The third-order valence-corrected chi connectivity index (χ3v) is 0.802. The van der Waals surface area contributed by atoms with Gasteiger partial charge in [0.1, 0.15) is 0 Å². The Morgan fingerprint density at radius 1 is 1.50 bits per heavy atom. The van der Waals surface area contributed by atoms with Crippen LogP contribution in [0.5, 0.6) is 0 Å². The molecule has 0 aromatic heterocycles. The third-order valence-electron chi connectivity index (χ3n) is 0.802. The minimum atomic E-state index is 0.395. The summed E-state index contributed by atoms with van der Waals surface area (Å²) in [6.45, 7) is 4.63. The lowest BCUT2D eigenvalue weighted by Gasteiger charge is -2.00. The van der Waals surface area contributed by atoms with E-state index >= 15 is 0 Å². The standard InChI is InChI=1S/C6H13NO/c1-3-5-8-6(7)4-2/h7H,3-5H2,1-2H3. The zero-order valence-electron chi connectivity index (χ0n) is 5.53. The zero-order chi connectivity index (χ0) is 6.41. The summed E-state index contributed by atoms with van der Waals surface area (Å²) in [5, 5.41) is 7.02. The number of hydrogen-bond donors (Lipinski definition) is 1. The van der Waals surface area contributed by atoms with Crippen LogP contribution >= 0.6 is 0 Å². The molecular weight excluding hydrogens is 102 g/mol. The van der Waals surface area contributed by atoms with Crippen molar-refractivity contribution >= 4 is 5.90 Å². The molecule has 0 radical (unpaired) electrons. The van der Waals surface area contributed by atoms with Crippen molar-refractivity contribution in [1.82, 2.24) is 0 Å². The highest BCUT2D eigenvalue weighted by molar-refractivity contribution is 5.71. The van der Waals surface area contributed by atoms with Crippen LogP contribution in [0.4, 0.5) is 0 Å². The molecule has 0 fully saturated rings. The summed E-state index contributed by atoms with van der Waals surface area (Å²) in [5.74, 6) is 0.395. The first-order valence-corrected chi connectivity index (χ1v) is 3.01. The highest BCUT2D eigenvalue weighted by atomic mass is 16.5. The maximum atomic E-state index is 7.02. The van der Waals surface area contributed by atoms with Crippen molar-refractivity contribution in [3.63, 3.8) is 0 Å². The smallest absolute Gasteiger partial charge is 0.180 e. The van der Waals surface area contributed by atoms with Crippen molar-refractivity contribution in [2.24, 2.45) is 0 Å². The molecule has 2 heteroatoms. The van der Waals surface area contributed by atoms with E-state index in [0.29, 0.717) is 18.9 Å². The van der Waals surface area contributed by atoms with Gasteiger partial charge in [-0.15, -0.1) is 0 Å². The minimum Gasteiger partial charge on any atom is -0.481 e. The van der Waals surface area contributed by atoms with Crippen molar-refractivity contribution in [2.45, 2.75) is 26.7 Å².